The fraction of sp³-hybridized carbons (Fsp3) is 0.478. The van der Waals surface area contributed by atoms with Gasteiger partial charge in [0.05, 0.1) is 19.6 Å². The summed E-state index contributed by atoms with van der Waals surface area (Å²) in [5.74, 6) is -2.14. The van der Waals surface area contributed by atoms with E-state index in [2.05, 4.69) is 19.7 Å². The van der Waals surface area contributed by atoms with Crippen LogP contribution in [0.3, 0.4) is 0 Å². The van der Waals surface area contributed by atoms with Gasteiger partial charge in [0, 0.05) is 16.7 Å². The third-order valence-electron chi connectivity index (χ3n) is 4.07. The van der Waals surface area contributed by atoms with Crippen LogP contribution in [0.2, 0.25) is 0 Å². The third kappa shape index (κ3) is 9.43. The second-order valence-electron chi connectivity index (χ2n) is 7.05. The van der Waals surface area contributed by atoms with E-state index in [1.54, 1.807) is 0 Å². The summed E-state index contributed by atoms with van der Waals surface area (Å²) >= 11 is 0. The first kappa shape index (κ1) is 31.0. The summed E-state index contributed by atoms with van der Waals surface area (Å²) in [6, 6.07) is 0. The van der Waals surface area contributed by atoms with Crippen molar-refractivity contribution in [2.75, 3.05) is 19.8 Å². The van der Waals surface area contributed by atoms with Gasteiger partial charge in [-0.3, -0.25) is 0 Å². The molecule has 0 unspecified atom stereocenters. The number of nitrogens with zero attached hydrogens (tertiary/aromatic N) is 3. The normalized spacial score (nSPS) is 9.86. The number of esters is 3. The van der Waals surface area contributed by atoms with Crippen molar-refractivity contribution in [2.24, 2.45) is 0 Å². The number of aromatic nitrogens is 3. The molecule has 0 aliphatic rings. The number of ether oxygens (including phenoxy) is 3. The molecule has 1 heterocycles. The first-order chi connectivity index (χ1) is 16.4. The molecule has 1 rings (SSSR count). The lowest BCUT2D eigenvalue weighted by molar-refractivity contribution is -0.140. The van der Waals surface area contributed by atoms with Crippen LogP contribution < -0.4 is 17.1 Å². The number of carbonyl (C=O) groups is 3. The molecule has 35 heavy (non-hydrogen) atoms. The molecular weight excluding hydrogens is 462 g/mol. The van der Waals surface area contributed by atoms with Crippen LogP contribution >= 0.6 is 0 Å². The van der Waals surface area contributed by atoms with E-state index in [9.17, 15) is 28.8 Å². The summed E-state index contributed by atoms with van der Waals surface area (Å²) in [5.41, 5.74) is -2.58. The van der Waals surface area contributed by atoms with Crippen molar-refractivity contribution in [1.82, 2.24) is 13.7 Å². The Hall–Kier alpha value is -3.96. The average molecular weight is 496 g/mol. The molecule has 0 spiro atoms. The van der Waals surface area contributed by atoms with E-state index in [1.165, 1.54) is 20.8 Å². The van der Waals surface area contributed by atoms with E-state index in [0.717, 1.165) is 0 Å². The second kappa shape index (κ2) is 15.0. The SMILES string of the molecule is C=C(C)C(=O)OCCn1c(=O)n(CCOC(=O)C(=C)C)c(=O)n(CCOC(=O)C(=C)C)c1=O.CC. The first-order valence-electron chi connectivity index (χ1n) is 10.8. The fourth-order valence-electron chi connectivity index (χ4n) is 2.31. The Balaban J connectivity index is 0.00000562. The Kier molecular flexibility index (Phi) is 13.3. The van der Waals surface area contributed by atoms with E-state index >= 15 is 0 Å². The highest BCUT2D eigenvalue weighted by Crippen LogP contribution is 1.94. The van der Waals surface area contributed by atoms with Crippen molar-refractivity contribution in [3.05, 3.63) is 67.9 Å². The van der Waals surface area contributed by atoms with Gasteiger partial charge in [-0.2, -0.15) is 0 Å². The van der Waals surface area contributed by atoms with E-state index in [4.69, 9.17) is 14.2 Å². The van der Waals surface area contributed by atoms with Crippen molar-refractivity contribution in [3.8, 4) is 0 Å². The van der Waals surface area contributed by atoms with Crippen LogP contribution in [0, 0.1) is 0 Å². The first-order valence-corrected chi connectivity index (χ1v) is 10.8. The zero-order valence-electron chi connectivity index (χ0n) is 20.9. The molecule has 0 saturated carbocycles. The number of hydrogen-bond donors (Lipinski definition) is 0. The number of rotatable bonds is 12. The second-order valence-corrected chi connectivity index (χ2v) is 7.05. The zero-order valence-corrected chi connectivity index (χ0v) is 20.9. The van der Waals surface area contributed by atoms with Crippen molar-refractivity contribution < 1.29 is 28.6 Å². The molecule has 0 amide bonds. The van der Waals surface area contributed by atoms with Crippen molar-refractivity contribution in [1.29, 1.82) is 0 Å². The smallest absolute Gasteiger partial charge is 0.336 e. The maximum atomic E-state index is 12.8. The molecule has 0 radical (unpaired) electrons. The lowest BCUT2D eigenvalue weighted by atomic mass is 10.4. The highest BCUT2D eigenvalue weighted by Gasteiger charge is 2.17. The summed E-state index contributed by atoms with van der Waals surface area (Å²) in [6.07, 6.45) is 0. The van der Waals surface area contributed by atoms with E-state index in [1.807, 2.05) is 13.8 Å². The van der Waals surface area contributed by atoms with Gasteiger partial charge in [0.2, 0.25) is 0 Å². The van der Waals surface area contributed by atoms with Crippen LogP contribution in [-0.4, -0.2) is 51.4 Å². The summed E-state index contributed by atoms with van der Waals surface area (Å²) < 4.78 is 16.8. The maximum Gasteiger partial charge on any atom is 0.336 e. The highest BCUT2D eigenvalue weighted by atomic mass is 16.5. The molecule has 0 fully saturated rings. The summed E-state index contributed by atoms with van der Waals surface area (Å²) in [4.78, 5) is 72.9. The van der Waals surface area contributed by atoms with Gasteiger partial charge in [0.25, 0.3) is 0 Å². The van der Waals surface area contributed by atoms with Gasteiger partial charge in [-0.15, -0.1) is 0 Å². The molecular formula is C23H33N3O9. The van der Waals surface area contributed by atoms with Gasteiger partial charge < -0.3 is 14.2 Å². The summed E-state index contributed by atoms with van der Waals surface area (Å²) in [6.45, 7) is 16.5. The van der Waals surface area contributed by atoms with Crippen molar-refractivity contribution in [2.45, 2.75) is 54.3 Å². The monoisotopic (exact) mass is 495 g/mol. The van der Waals surface area contributed by atoms with Crippen LogP contribution in [0.25, 0.3) is 0 Å². The van der Waals surface area contributed by atoms with E-state index in [0.29, 0.717) is 13.7 Å². The quantitative estimate of drug-likeness (QED) is 0.231. The molecule has 12 nitrogen and oxygen atoms in total. The maximum absolute atomic E-state index is 12.8. The van der Waals surface area contributed by atoms with Gasteiger partial charge in [-0.05, 0) is 20.8 Å². The van der Waals surface area contributed by atoms with Gasteiger partial charge in [-0.1, -0.05) is 33.6 Å². The van der Waals surface area contributed by atoms with Crippen molar-refractivity contribution in [3.63, 3.8) is 0 Å². The predicted octanol–water partition coefficient (Wildman–Crippen LogP) is 0.556. The zero-order chi connectivity index (χ0) is 27.3. The largest absolute Gasteiger partial charge is 0.460 e. The summed E-state index contributed by atoms with van der Waals surface area (Å²) in [7, 11) is 0. The predicted molar refractivity (Wildman–Crippen MR) is 128 cm³/mol. The number of carbonyl (C=O) groups excluding carboxylic acids is 3. The van der Waals surface area contributed by atoms with Crippen LogP contribution in [0.15, 0.2) is 50.8 Å². The Morgan fingerprint density at radius 3 is 0.943 bits per heavy atom. The van der Waals surface area contributed by atoms with Crippen LogP contribution in [-0.2, 0) is 48.2 Å². The van der Waals surface area contributed by atoms with Gasteiger partial charge >= 0.3 is 35.0 Å². The lowest BCUT2D eigenvalue weighted by Crippen LogP contribution is -2.55. The van der Waals surface area contributed by atoms with Gasteiger partial charge in [0.1, 0.15) is 19.8 Å². The Labute approximate surface area is 202 Å². The van der Waals surface area contributed by atoms with Crippen molar-refractivity contribution >= 4 is 17.9 Å². The minimum atomic E-state index is -0.988. The van der Waals surface area contributed by atoms with Crippen LogP contribution in [0.4, 0.5) is 0 Å². The van der Waals surface area contributed by atoms with E-state index < -0.39 is 35.0 Å². The van der Waals surface area contributed by atoms with Gasteiger partial charge in [-0.25, -0.2) is 42.5 Å². The fourth-order valence-corrected chi connectivity index (χ4v) is 2.31. The highest BCUT2D eigenvalue weighted by molar-refractivity contribution is 5.87. The standard InChI is InChI=1S/C21H27N3O9.C2H6/c1-13(2)16(25)31-10-7-22-19(28)23(8-11-32-17(26)14(3)4)21(30)24(20(22)29)9-12-33-18(27)15(5)6;1-2/h1,3,5,7-12H2,2,4,6H3;1-2H3. The number of hydrogen-bond acceptors (Lipinski definition) is 9. The van der Waals surface area contributed by atoms with Crippen LogP contribution in [0.1, 0.15) is 34.6 Å². The molecule has 1 aromatic rings. The van der Waals surface area contributed by atoms with Crippen LogP contribution in [0.5, 0.6) is 0 Å². The molecule has 0 N–H and O–H groups in total. The average Bonchev–Trinajstić information content (AvgIpc) is 2.81. The Bertz CT molecular complexity index is 979. The third-order valence-corrected chi connectivity index (χ3v) is 4.07. The van der Waals surface area contributed by atoms with E-state index in [-0.39, 0.29) is 56.2 Å². The minimum absolute atomic E-state index is 0.128. The molecule has 1 aromatic heterocycles. The molecule has 0 atom stereocenters. The minimum Gasteiger partial charge on any atom is -0.460 e. The molecule has 0 bridgehead atoms. The molecule has 0 aliphatic heterocycles. The van der Waals surface area contributed by atoms with Gasteiger partial charge in [0.15, 0.2) is 0 Å². The Morgan fingerprint density at radius 1 is 0.571 bits per heavy atom. The molecule has 0 aromatic carbocycles. The molecule has 194 valence electrons. The molecule has 12 heteroatoms. The summed E-state index contributed by atoms with van der Waals surface area (Å²) in [5, 5.41) is 0. The molecule has 0 aliphatic carbocycles. The lowest BCUT2D eigenvalue weighted by Gasteiger charge is -2.14. The Morgan fingerprint density at radius 2 is 0.771 bits per heavy atom. The topological polar surface area (TPSA) is 145 Å². The molecule has 0 saturated heterocycles.